The topological polar surface area (TPSA) is 32.3 Å². The number of rotatable bonds is 3. The zero-order chi connectivity index (χ0) is 13.0. The Morgan fingerprint density at radius 1 is 1.39 bits per heavy atom. The highest BCUT2D eigenvalue weighted by molar-refractivity contribution is 5.81. The number of nitrogens with zero attached hydrogens (tertiary/aromatic N) is 1. The van der Waals surface area contributed by atoms with Crippen molar-refractivity contribution in [2.45, 2.75) is 26.7 Å². The van der Waals surface area contributed by atoms with Gasteiger partial charge in [-0.05, 0) is 37.8 Å². The predicted octanol–water partition coefficient (Wildman–Crippen LogP) is 2.67. The van der Waals surface area contributed by atoms with Gasteiger partial charge in [0.25, 0.3) is 0 Å². The number of nitrogens with one attached hydrogen (secondary N) is 1. The predicted molar refractivity (Wildman–Crippen MR) is 74.6 cm³/mol. The first-order valence-corrected chi connectivity index (χ1v) is 6.73. The van der Waals surface area contributed by atoms with E-state index in [1.807, 2.05) is 17.0 Å². The number of benzene rings is 1. The lowest BCUT2D eigenvalue weighted by Gasteiger charge is -2.31. The van der Waals surface area contributed by atoms with Crippen molar-refractivity contribution in [3.63, 3.8) is 0 Å². The molecular formula is C15H22N2O. The molecule has 18 heavy (non-hydrogen) atoms. The van der Waals surface area contributed by atoms with Crippen LogP contribution in [0.5, 0.6) is 0 Å². The number of carbonyl (C=O) groups is 1. The first-order chi connectivity index (χ1) is 8.65. The zero-order valence-electron chi connectivity index (χ0n) is 11.3. The van der Waals surface area contributed by atoms with Gasteiger partial charge in [-0.1, -0.05) is 24.6 Å². The number of carbonyl (C=O) groups excluding carboxylic acids is 1. The van der Waals surface area contributed by atoms with Crippen molar-refractivity contribution in [2.24, 2.45) is 5.92 Å². The molecule has 98 valence electrons. The van der Waals surface area contributed by atoms with E-state index in [2.05, 4.69) is 31.3 Å². The summed E-state index contributed by atoms with van der Waals surface area (Å²) in [6, 6.07) is 8.13. The third-order valence-corrected chi connectivity index (χ3v) is 3.51. The summed E-state index contributed by atoms with van der Waals surface area (Å²) in [5.74, 6) is 0.851. The molecule has 1 amide bonds. The van der Waals surface area contributed by atoms with Crippen molar-refractivity contribution in [3.05, 3.63) is 29.8 Å². The fourth-order valence-electron chi connectivity index (χ4n) is 2.38. The lowest BCUT2D eigenvalue weighted by Crippen LogP contribution is -2.41. The molecule has 1 N–H and O–H groups in total. The molecule has 0 radical (unpaired) electrons. The highest BCUT2D eigenvalue weighted by Gasteiger charge is 2.20. The molecule has 1 unspecified atom stereocenters. The summed E-state index contributed by atoms with van der Waals surface area (Å²) in [5.41, 5.74) is 2.25. The maximum atomic E-state index is 12.0. The minimum Gasteiger partial charge on any atom is -0.376 e. The summed E-state index contributed by atoms with van der Waals surface area (Å²) in [6.07, 6.45) is 2.38. The molecule has 1 aliphatic rings. The summed E-state index contributed by atoms with van der Waals surface area (Å²) < 4.78 is 0. The highest BCUT2D eigenvalue weighted by atomic mass is 16.2. The lowest BCUT2D eigenvalue weighted by molar-refractivity contribution is -0.130. The van der Waals surface area contributed by atoms with Gasteiger partial charge in [0, 0.05) is 18.8 Å². The monoisotopic (exact) mass is 246 g/mol. The van der Waals surface area contributed by atoms with Crippen molar-refractivity contribution >= 4 is 11.6 Å². The quantitative estimate of drug-likeness (QED) is 0.889. The first-order valence-electron chi connectivity index (χ1n) is 6.73. The molecule has 1 aromatic rings. The van der Waals surface area contributed by atoms with E-state index in [1.165, 1.54) is 12.0 Å². The number of piperidine rings is 1. The Bertz CT molecular complexity index is 399. The van der Waals surface area contributed by atoms with Crippen LogP contribution in [0.25, 0.3) is 0 Å². The third-order valence-electron chi connectivity index (χ3n) is 3.51. The van der Waals surface area contributed by atoms with Crippen LogP contribution >= 0.6 is 0 Å². The fraction of sp³-hybridized carbons (Fsp3) is 0.533. The summed E-state index contributed by atoms with van der Waals surface area (Å²) in [6.45, 7) is 6.50. The molecule has 0 spiro atoms. The number of amides is 1. The van der Waals surface area contributed by atoms with Gasteiger partial charge in [0.05, 0.1) is 6.54 Å². The van der Waals surface area contributed by atoms with E-state index >= 15 is 0 Å². The average molecular weight is 246 g/mol. The Balaban J connectivity index is 1.82. The molecular weight excluding hydrogens is 224 g/mol. The Kier molecular flexibility index (Phi) is 4.24. The van der Waals surface area contributed by atoms with Crippen molar-refractivity contribution in [1.82, 2.24) is 4.90 Å². The van der Waals surface area contributed by atoms with Crippen molar-refractivity contribution in [3.8, 4) is 0 Å². The SMILES string of the molecule is Cc1ccc(NCC(=O)N2CCCC(C)C2)cc1. The summed E-state index contributed by atoms with van der Waals surface area (Å²) >= 11 is 0. The van der Waals surface area contributed by atoms with E-state index in [4.69, 9.17) is 0 Å². The van der Waals surface area contributed by atoms with Crippen LogP contribution in [0.1, 0.15) is 25.3 Å². The molecule has 1 fully saturated rings. The van der Waals surface area contributed by atoms with Gasteiger partial charge in [-0.2, -0.15) is 0 Å². The van der Waals surface area contributed by atoms with Gasteiger partial charge in [-0.3, -0.25) is 4.79 Å². The lowest BCUT2D eigenvalue weighted by atomic mass is 10.0. The largest absolute Gasteiger partial charge is 0.376 e. The van der Waals surface area contributed by atoms with E-state index in [0.29, 0.717) is 12.5 Å². The summed E-state index contributed by atoms with van der Waals surface area (Å²) in [4.78, 5) is 14.0. The van der Waals surface area contributed by atoms with E-state index in [1.54, 1.807) is 0 Å². The number of likely N-dealkylation sites (tertiary alicyclic amines) is 1. The van der Waals surface area contributed by atoms with Crippen LogP contribution in [0.2, 0.25) is 0 Å². The molecule has 0 bridgehead atoms. The van der Waals surface area contributed by atoms with E-state index in [9.17, 15) is 4.79 Å². The van der Waals surface area contributed by atoms with Crippen molar-refractivity contribution < 1.29 is 4.79 Å². The Morgan fingerprint density at radius 2 is 2.11 bits per heavy atom. The van der Waals surface area contributed by atoms with Crippen LogP contribution in [-0.4, -0.2) is 30.4 Å². The molecule has 0 aliphatic carbocycles. The second-order valence-electron chi connectivity index (χ2n) is 5.31. The minimum atomic E-state index is 0.210. The van der Waals surface area contributed by atoms with Gasteiger partial charge in [0.2, 0.25) is 5.91 Å². The van der Waals surface area contributed by atoms with Crippen LogP contribution in [0, 0.1) is 12.8 Å². The van der Waals surface area contributed by atoms with Gasteiger partial charge in [0.15, 0.2) is 0 Å². The Labute approximate surface area is 109 Å². The van der Waals surface area contributed by atoms with Crippen molar-refractivity contribution in [2.75, 3.05) is 25.0 Å². The smallest absolute Gasteiger partial charge is 0.241 e. The van der Waals surface area contributed by atoms with E-state index < -0.39 is 0 Å². The molecule has 1 saturated heterocycles. The number of hydrogen-bond donors (Lipinski definition) is 1. The van der Waals surface area contributed by atoms with Crippen LogP contribution < -0.4 is 5.32 Å². The summed E-state index contributed by atoms with van der Waals surface area (Å²) in [7, 11) is 0. The Hall–Kier alpha value is -1.51. The van der Waals surface area contributed by atoms with Crippen LogP contribution in [0.3, 0.4) is 0 Å². The zero-order valence-corrected chi connectivity index (χ0v) is 11.3. The highest BCUT2D eigenvalue weighted by Crippen LogP contribution is 2.15. The van der Waals surface area contributed by atoms with Crippen LogP contribution in [0.4, 0.5) is 5.69 Å². The number of hydrogen-bond acceptors (Lipinski definition) is 2. The third kappa shape index (κ3) is 3.49. The van der Waals surface area contributed by atoms with Gasteiger partial charge in [-0.25, -0.2) is 0 Å². The molecule has 3 heteroatoms. The van der Waals surface area contributed by atoms with Gasteiger partial charge in [0.1, 0.15) is 0 Å². The maximum absolute atomic E-state index is 12.0. The standard InChI is InChI=1S/C15H22N2O/c1-12-5-7-14(8-6-12)16-10-15(18)17-9-3-4-13(2)11-17/h5-8,13,16H,3-4,9-11H2,1-2H3. The van der Waals surface area contributed by atoms with Gasteiger partial charge < -0.3 is 10.2 Å². The number of aryl methyl sites for hydroxylation is 1. The van der Waals surface area contributed by atoms with Gasteiger partial charge in [-0.15, -0.1) is 0 Å². The van der Waals surface area contributed by atoms with E-state index in [0.717, 1.165) is 25.2 Å². The first kappa shape index (κ1) is 12.9. The molecule has 0 aromatic heterocycles. The molecule has 1 aliphatic heterocycles. The molecule has 3 nitrogen and oxygen atoms in total. The molecule has 1 atom stereocenters. The molecule has 1 aromatic carbocycles. The second-order valence-corrected chi connectivity index (χ2v) is 5.31. The molecule has 2 rings (SSSR count). The van der Waals surface area contributed by atoms with Crippen molar-refractivity contribution in [1.29, 1.82) is 0 Å². The normalized spacial score (nSPS) is 19.7. The van der Waals surface area contributed by atoms with Crippen LogP contribution in [0.15, 0.2) is 24.3 Å². The average Bonchev–Trinajstić information content (AvgIpc) is 2.38. The second kappa shape index (κ2) is 5.89. The molecule has 0 saturated carbocycles. The van der Waals surface area contributed by atoms with E-state index in [-0.39, 0.29) is 5.91 Å². The maximum Gasteiger partial charge on any atom is 0.241 e. The fourth-order valence-corrected chi connectivity index (χ4v) is 2.38. The van der Waals surface area contributed by atoms with Gasteiger partial charge >= 0.3 is 0 Å². The number of anilines is 1. The molecule has 1 heterocycles. The van der Waals surface area contributed by atoms with Crippen LogP contribution in [-0.2, 0) is 4.79 Å². The Morgan fingerprint density at radius 3 is 2.78 bits per heavy atom. The minimum absolute atomic E-state index is 0.210. The summed E-state index contributed by atoms with van der Waals surface area (Å²) in [5, 5.41) is 3.19.